The predicted octanol–water partition coefficient (Wildman–Crippen LogP) is 2.44. The number of likely N-dealkylation sites (N-methyl/N-ethyl adjacent to an activating group) is 2. The number of nitrogens with zero attached hydrogens (tertiary/aromatic N) is 2. The molecule has 0 aliphatic rings. The molecule has 0 heterocycles. The van der Waals surface area contributed by atoms with Gasteiger partial charge in [0, 0.05) is 18.4 Å². The molecule has 0 radical (unpaired) electrons. The summed E-state index contributed by atoms with van der Waals surface area (Å²) in [6, 6.07) is 0. The molecule has 0 aliphatic heterocycles. The lowest BCUT2D eigenvalue weighted by molar-refractivity contribution is 0.221. The lowest BCUT2D eigenvalue weighted by Crippen LogP contribution is -2.35. The number of rotatable bonds is 9. The predicted molar refractivity (Wildman–Crippen MR) is 68.3 cm³/mol. The van der Waals surface area contributed by atoms with Crippen molar-refractivity contribution >= 4 is 15.9 Å². The van der Waals surface area contributed by atoms with Crippen LogP contribution in [-0.4, -0.2) is 54.4 Å². The molecule has 0 saturated heterocycles. The number of hydrogen-bond donors (Lipinski definition) is 0. The molecule has 3 heteroatoms. The van der Waals surface area contributed by atoms with Crippen LogP contribution in [0.4, 0.5) is 0 Å². The second-order valence-corrected chi connectivity index (χ2v) is 4.30. The van der Waals surface area contributed by atoms with Crippen LogP contribution in [-0.2, 0) is 0 Å². The molecule has 0 rings (SSSR count). The highest BCUT2D eigenvalue weighted by molar-refractivity contribution is 9.09. The van der Waals surface area contributed by atoms with Gasteiger partial charge in [0.15, 0.2) is 0 Å². The van der Waals surface area contributed by atoms with Crippen molar-refractivity contribution < 1.29 is 0 Å². The minimum atomic E-state index is 1.12. The van der Waals surface area contributed by atoms with Gasteiger partial charge in [0.25, 0.3) is 0 Å². The molecular formula is C11H25BrN2. The number of hydrogen-bond acceptors (Lipinski definition) is 2. The minimum absolute atomic E-state index is 1.12. The first kappa shape index (κ1) is 14.4. The molecule has 0 aliphatic carbocycles. The molecule has 0 atom stereocenters. The molecule has 0 aromatic carbocycles. The van der Waals surface area contributed by atoms with E-state index in [0.29, 0.717) is 0 Å². The van der Waals surface area contributed by atoms with E-state index in [9.17, 15) is 0 Å². The molecule has 0 unspecified atom stereocenters. The number of alkyl halides is 1. The lowest BCUT2D eigenvalue weighted by atomic mass is 10.3. The highest BCUT2D eigenvalue weighted by atomic mass is 79.9. The first-order chi connectivity index (χ1) is 6.78. The van der Waals surface area contributed by atoms with E-state index in [1.807, 2.05) is 0 Å². The maximum absolute atomic E-state index is 3.48. The SMILES string of the molecule is CCN(CC)CCN(CC)CCCBr. The molecule has 0 spiro atoms. The van der Waals surface area contributed by atoms with E-state index in [-0.39, 0.29) is 0 Å². The molecule has 14 heavy (non-hydrogen) atoms. The van der Waals surface area contributed by atoms with E-state index >= 15 is 0 Å². The summed E-state index contributed by atoms with van der Waals surface area (Å²) in [4.78, 5) is 5.01. The summed E-state index contributed by atoms with van der Waals surface area (Å²) in [7, 11) is 0. The average Bonchev–Trinajstić information content (AvgIpc) is 2.23. The standard InChI is InChI=1S/C11H25BrN2/c1-4-13(5-2)10-11-14(6-3)9-7-8-12/h4-11H2,1-3H3. The van der Waals surface area contributed by atoms with E-state index in [1.165, 1.54) is 45.7 Å². The molecule has 0 amide bonds. The van der Waals surface area contributed by atoms with Gasteiger partial charge in [0.2, 0.25) is 0 Å². The highest BCUT2D eigenvalue weighted by Crippen LogP contribution is 1.96. The monoisotopic (exact) mass is 264 g/mol. The maximum Gasteiger partial charge on any atom is 0.0109 e. The summed E-state index contributed by atoms with van der Waals surface area (Å²) in [5.41, 5.74) is 0. The van der Waals surface area contributed by atoms with E-state index in [0.717, 1.165) is 5.33 Å². The first-order valence-electron chi connectivity index (χ1n) is 5.79. The van der Waals surface area contributed by atoms with Crippen LogP contribution >= 0.6 is 15.9 Å². The molecule has 0 aromatic rings. The van der Waals surface area contributed by atoms with Crippen molar-refractivity contribution in [2.75, 3.05) is 44.6 Å². The van der Waals surface area contributed by atoms with Crippen molar-refractivity contribution in [2.45, 2.75) is 27.2 Å². The second-order valence-electron chi connectivity index (χ2n) is 3.50. The summed E-state index contributed by atoms with van der Waals surface area (Å²) < 4.78 is 0. The molecule has 0 fully saturated rings. The first-order valence-corrected chi connectivity index (χ1v) is 6.91. The Morgan fingerprint density at radius 1 is 0.786 bits per heavy atom. The van der Waals surface area contributed by atoms with Crippen molar-refractivity contribution in [1.82, 2.24) is 9.80 Å². The van der Waals surface area contributed by atoms with Crippen LogP contribution in [0.2, 0.25) is 0 Å². The minimum Gasteiger partial charge on any atom is -0.303 e. The van der Waals surface area contributed by atoms with Gasteiger partial charge in [-0.05, 0) is 32.6 Å². The van der Waals surface area contributed by atoms with Crippen LogP contribution in [0.1, 0.15) is 27.2 Å². The smallest absolute Gasteiger partial charge is 0.0109 e. The van der Waals surface area contributed by atoms with Crippen molar-refractivity contribution in [3.63, 3.8) is 0 Å². The zero-order valence-electron chi connectivity index (χ0n) is 9.93. The molecule has 0 aromatic heterocycles. The fourth-order valence-electron chi connectivity index (χ4n) is 1.53. The molecule has 2 nitrogen and oxygen atoms in total. The Labute approximate surface area is 97.8 Å². The Morgan fingerprint density at radius 2 is 1.29 bits per heavy atom. The summed E-state index contributed by atoms with van der Waals surface area (Å²) in [6.45, 7) is 13.9. The van der Waals surface area contributed by atoms with Gasteiger partial charge in [-0.1, -0.05) is 36.7 Å². The number of halogens is 1. The lowest BCUT2D eigenvalue weighted by Gasteiger charge is -2.24. The van der Waals surface area contributed by atoms with Crippen LogP contribution in [0.3, 0.4) is 0 Å². The van der Waals surface area contributed by atoms with Gasteiger partial charge in [0.1, 0.15) is 0 Å². The quantitative estimate of drug-likeness (QED) is 0.591. The third-order valence-electron chi connectivity index (χ3n) is 2.68. The molecule has 0 saturated carbocycles. The Bertz CT molecular complexity index is 116. The fourth-order valence-corrected chi connectivity index (χ4v) is 1.78. The Morgan fingerprint density at radius 3 is 1.71 bits per heavy atom. The van der Waals surface area contributed by atoms with Gasteiger partial charge in [-0.2, -0.15) is 0 Å². The van der Waals surface area contributed by atoms with Crippen LogP contribution in [0.15, 0.2) is 0 Å². The van der Waals surface area contributed by atoms with Gasteiger partial charge >= 0.3 is 0 Å². The fraction of sp³-hybridized carbons (Fsp3) is 1.00. The van der Waals surface area contributed by atoms with Crippen molar-refractivity contribution in [3.05, 3.63) is 0 Å². The largest absolute Gasteiger partial charge is 0.303 e. The van der Waals surface area contributed by atoms with E-state index in [1.54, 1.807) is 0 Å². The maximum atomic E-state index is 3.48. The zero-order valence-corrected chi connectivity index (χ0v) is 11.5. The summed E-state index contributed by atoms with van der Waals surface area (Å²) in [5, 5.41) is 1.12. The van der Waals surface area contributed by atoms with Gasteiger partial charge in [0.05, 0.1) is 0 Å². The highest BCUT2D eigenvalue weighted by Gasteiger charge is 2.04. The normalized spacial score (nSPS) is 11.6. The van der Waals surface area contributed by atoms with Gasteiger partial charge in [-0.3, -0.25) is 0 Å². The Kier molecular flexibility index (Phi) is 10.2. The van der Waals surface area contributed by atoms with E-state index < -0.39 is 0 Å². The van der Waals surface area contributed by atoms with Crippen LogP contribution < -0.4 is 0 Å². The molecule has 0 N–H and O–H groups in total. The van der Waals surface area contributed by atoms with E-state index in [4.69, 9.17) is 0 Å². The van der Waals surface area contributed by atoms with Gasteiger partial charge in [-0.15, -0.1) is 0 Å². The average molecular weight is 265 g/mol. The van der Waals surface area contributed by atoms with Crippen LogP contribution in [0, 0.1) is 0 Å². The summed E-state index contributed by atoms with van der Waals surface area (Å²) in [5.74, 6) is 0. The van der Waals surface area contributed by atoms with Gasteiger partial charge < -0.3 is 9.80 Å². The van der Waals surface area contributed by atoms with Crippen LogP contribution in [0.25, 0.3) is 0 Å². The third kappa shape index (κ3) is 6.80. The topological polar surface area (TPSA) is 6.48 Å². The van der Waals surface area contributed by atoms with E-state index in [2.05, 4.69) is 46.5 Å². The summed E-state index contributed by atoms with van der Waals surface area (Å²) >= 11 is 3.48. The third-order valence-corrected chi connectivity index (χ3v) is 3.24. The van der Waals surface area contributed by atoms with Crippen molar-refractivity contribution in [1.29, 1.82) is 0 Å². The molecule has 86 valence electrons. The molecular weight excluding hydrogens is 240 g/mol. The molecule has 0 bridgehead atoms. The Balaban J connectivity index is 3.59. The summed E-state index contributed by atoms with van der Waals surface area (Å²) in [6.07, 6.45) is 1.26. The van der Waals surface area contributed by atoms with Crippen LogP contribution in [0.5, 0.6) is 0 Å². The van der Waals surface area contributed by atoms with Gasteiger partial charge in [-0.25, -0.2) is 0 Å². The second kappa shape index (κ2) is 9.94. The zero-order chi connectivity index (χ0) is 10.8. The van der Waals surface area contributed by atoms with Crippen molar-refractivity contribution in [3.8, 4) is 0 Å². The van der Waals surface area contributed by atoms with Crippen molar-refractivity contribution in [2.24, 2.45) is 0 Å². The Hall–Kier alpha value is 0.400.